The second-order valence-electron chi connectivity index (χ2n) is 5.81. The molecule has 0 radical (unpaired) electrons. The van der Waals surface area contributed by atoms with E-state index in [0.29, 0.717) is 6.04 Å². The van der Waals surface area contributed by atoms with Crippen molar-refractivity contribution in [1.82, 2.24) is 5.32 Å². The molecule has 3 rings (SSSR count). The Balaban J connectivity index is 1.80. The number of aryl methyl sites for hydroxylation is 1. The second-order valence-corrected chi connectivity index (χ2v) is 6.89. The van der Waals surface area contributed by atoms with Crippen LogP contribution in [0.2, 0.25) is 0 Å². The van der Waals surface area contributed by atoms with Gasteiger partial charge in [-0.3, -0.25) is 0 Å². The van der Waals surface area contributed by atoms with E-state index in [4.69, 9.17) is 0 Å². The number of hydrogen-bond donors (Lipinski definition) is 1. The Hall–Kier alpha value is -0.860. The smallest absolute Gasteiger partial charge is 0.0391 e. The van der Waals surface area contributed by atoms with Crippen LogP contribution >= 0.6 is 11.3 Å². The molecule has 0 spiro atoms. The largest absolute Gasteiger partial charge is 0.307 e. The van der Waals surface area contributed by atoms with E-state index in [9.17, 15) is 0 Å². The first-order valence-corrected chi connectivity index (χ1v) is 8.31. The third-order valence-corrected chi connectivity index (χ3v) is 5.82. The molecule has 1 aromatic heterocycles. The summed E-state index contributed by atoms with van der Waals surface area (Å²) in [4.78, 5) is 1.52. The van der Waals surface area contributed by atoms with Gasteiger partial charge in [0.1, 0.15) is 0 Å². The van der Waals surface area contributed by atoms with Gasteiger partial charge < -0.3 is 5.32 Å². The lowest BCUT2D eigenvalue weighted by atomic mass is 9.94. The molecule has 2 heteroatoms. The second kappa shape index (κ2) is 5.64. The van der Waals surface area contributed by atoms with E-state index >= 15 is 0 Å². The van der Waals surface area contributed by atoms with E-state index < -0.39 is 0 Å². The van der Waals surface area contributed by atoms with Gasteiger partial charge in [-0.1, -0.05) is 37.5 Å². The minimum Gasteiger partial charge on any atom is -0.307 e. The Bertz CT molecular complexity index is 551. The van der Waals surface area contributed by atoms with Gasteiger partial charge >= 0.3 is 0 Å². The lowest BCUT2D eigenvalue weighted by Gasteiger charge is -2.26. The normalized spacial score (nSPS) is 18.8. The van der Waals surface area contributed by atoms with Crippen molar-refractivity contribution in [3.63, 3.8) is 0 Å². The van der Waals surface area contributed by atoms with Gasteiger partial charge in [0.25, 0.3) is 0 Å². The number of hydrogen-bond acceptors (Lipinski definition) is 2. The van der Waals surface area contributed by atoms with Crippen molar-refractivity contribution < 1.29 is 0 Å². The molecule has 1 aliphatic rings. The molecule has 1 aromatic carbocycles. The zero-order chi connectivity index (χ0) is 13.2. The predicted molar refractivity (Wildman–Crippen MR) is 85.0 cm³/mol. The molecule has 1 aliphatic carbocycles. The molecule has 102 valence electrons. The maximum Gasteiger partial charge on any atom is 0.0391 e. The minimum absolute atomic E-state index is 0.487. The quantitative estimate of drug-likeness (QED) is 0.811. The first-order chi connectivity index (χ1) is 9.25. The highest BCUT2D eigenvalue weighted by molar-refractivity contribution is 7.19. The van der Waals surface area contributed by atoms with Crippen molar-refractivity contribution in [2.24, 2.45) is 0 Å². The molecule has 1 nitrogen and oxygen atoms in total. The summed E-state index contributed by atoms with van der Waals surface area (Å²) in [7, 11) is 0. The number of nitrogens with one attached hydrogen (secondary N) is 1. The highest BCUT2D eigenvalue weighted by Gasteiger charge is 2.19. The Kier molecular flexibility index (Phi) is 3.90. The SMILES string of the molecule is Cc1c(C(C)NC2CCCCC2)sc2ccccc12. The predicted octanol–water partition coefficient (Wildman–Crippen LogP) is 5.19. The summed E-state index contributed by atoms with van der Waals surface area (Å²) in [5, 5.41) is 5.28. The summed E-state index contributed by atoms with van der Waals surface area (Å²) in [6.07, 6.45) is 6.93. The summed E-state index contributed by atoms with van der Waals surface area (Å²) >= 11 is 1.96. The Morgan fingerprint density at radius 2 is 1.89 bits per heavy atom. The standard InChI is InChI=1S/C17H23NS/c1-12-15-10-6-7-11-16(15)19-17(12)13(2)18-14-8-4-3-5-9-14/h6-7,10-11,13-14,18H,3-5,8-9H2,1-2H3. The van der Waals surface area contributed by atoms with Crippen molar-refractivity contribution >= 4 is 21.4 Å². The van der Waals surface area contributed by atoms with Crippen LogP contribution in [0.5, 0.6) is 0 Å². The molecule has 2 aromatic rings. The molecule has 0 amide bonds. The minimum atomic E-state index is 0.487. The first kappa shape index (κ1) is 13.1. The van der Waals surface area contributed by atoms with Crippen LogP contribution in [0.4, 0.5) is 0 Å². The third kappa shape index (κ3) is 2.70. The molecule has 0 saturated heterocycles. The number of benzene rings is 1. The van der Waals surface area contributed by atoms with Crippen molar-refractivity contribution in [1.29, 1.82) is 0 Å². The van der Waals surface area contributed by atoms with Crippen LogP contribution in [0, 0.1) is 6.92 Å². The summed E-state index contributed by atoms with van der Waals surface area (Å²) < 4.78 is 1.42. The van der Waals surface area contributed by atoms with Gasteiger partial charge in [-0.15, -0.1) is 11.3 Å². The summed E-state index contributed by atoms with van der Waals surface area (Å²) in [5.41, 5.74) is 1.47. The highest BCUT2D eigenvalue weighted by atomic mass is 32.1. The van der Waals surface area contributed by atoms with Gasteiger partial charge in [0.05, 0.1) is 0 Å². The van der Waals surface area contributed by atoms with Gasteiger partial charge in [0.15, 0.2) is 0 Å². The maximum atomic E-state index is 3.85. The molecule has 1 N–H and O–H groups in total. The molecular formula is C17H23NS. The van der Waals surface area contributed by atoms with Crippen LogP contribution in [0.3, 0.4) is 0 Å². The van der Waals surface area contributed by atoms with Crippen LogP contribution in [0.1, 0.15) is 55.5 Å². The summed E-state index contributed by atoms with van der Waals surface area (Å²) in [6, 6.07) is 9.99. The van der Waals surface area contributed by atoms with Crippen LogP contribution in [0.25, 0.3) is 10.1 Å². The molecule has 1 saturated carbocycles. The molecule has 1 unspecified atom stereocenters. The van der Waals surface area contributed by atoms with Gasteiger partial charge in [0.2, 0.25) is 0 Å². The Labute approximate surface area is 120 Å². The third-order valence-electron chi connectivity index (χ3n) is 4.36. The van der Waals surface area contributed by atoms with Crippen LogP contribution in [-0.4, -0.2) is 6.04 Å². The zero-order valence-corrected chi connectivity index (χ0v) is 12.7. The van der Waals surface area contributed by atoms with Crippen molar-refractivity contribution in [2.45, 2.75) is 58.0 Å². The summed E-state index contributed by atoms with van der Waals surface area (Å²) in [6.45, 7) is 4.60. The number of rotatable bonds is 3. The fourth-order valence-electron chi connectivity index (χ4n) is 3.30. The average molecular weight is 273 g/mol. The topological polar surface area (TPSA) is 12.0 Å². The number of thiophene rings is 1. The van der Waals surface area contributed by atoms with E-state index in [0.717, 1.165) is 6.04 Å². The molecule has 1 fully saturated rings. The van der Waals surface area contributed by atoms with Crippen molar-refractivity contribution in [3.05, 3.63) is 34.7 Å². The highest BCUT2D eigenvalue weighted by Crippen LogP contribution is 2.35. The van der Waals surface area contributed by atoms with Crippen LogP contribution < -0.4 is 5.32 Å². The van der Waals surface area contributed by atoms with Crippen molar-refractivity contribution in [2.75, 3.05) is 0 Å². The van der Waals surface area contributed by atoms with E-state index in [2.05, 4.69) is 43.4 Å². The fraction of sp³-hybridized carbons (Fsp3) is 0.529. The molecule has 19 heavy (non-hydrogen) atoms. The molecular weight excluding hydrogens is 250 g/mol. The maximum absolute atomic E-state index is 3.85. The van der Waals surface area contributed by atoms with Gasteiger partial charge in [0, 0.05) is 21.7 Å². The zero-order valence-electron chi connectivity index (χ0n) is 11.9. The Morgan fingerprint density at radius 1 is 1.16 bits per heavy atom. The molecule has 0 aliphatic heterocycles. The number of fused-ring (bicyclic) bond motifs is 1. The first-order valence-electron chi connectivity index (χ1n) is 7.50. The molecule has 1 atom stereocenters. The van der Waals surface area contributed by atoms with E-state index in [1.54, 1.807) is 0 Å². The molecule has 1 heterocycles. The van der Waals surface area contributed by atoms with E-state index in [1.807, 2.05) is 11.3 Å². The summed E-state index contributed by atoms with van der Waals surface area (Å²) in [5.74, 6) is 0. The lowest BCUT2D eigenvalue weighted by Crippen LogP contribution is -2.33. The van der Waals surface area contributed by atoms with Gasteiger partial charge in [-0.05, 0) is 43.7 Å². The van der Waals surface area contributed by atoms with Crippen molar-refractivity contribution in [3.8, 4) is 0 Å². The Morgan fingerprint density at radius 3 is 2.63 bits per heavy atom. The van der Waals surface area contributed by atoms with Gasteiger partial charge in [-0.2, -0.15) is 0 Å². The van der Waals surface area contributed by atoms with Crippen LogP contribution in [0.15, 0.2) is 24.3 Å². The monoisotopic (exact) mass is 273 g/mol. The van der Waals surface area contributed by atoms with Gasteiger partial charge in [-0.25, -0.2) is 0 Å². The molecule has 0 bridgehead atoms. The average Bonchev–Trinajstić information content (AvgIpc) is 2.78. The lowest BCUT2D eigenvalue weighted by molar-refractivity contribution is 0.348. The fourth-order valence-corrected chi connectivity index (χ4v) is 4.53. The van der Waals surface area contributed by atoms with Crippen LogP contribution in [-0.2, 0) is 0 Å². The van der Waals surface area contributed by atoms with E-state index in [-0.39, 0.29) is 0 Å². The van der Waals surface area contributed by atoms with E-state index in [1.165, 1.54) is 52.6 Å².